The fourth-order valence-electron chi connectivity index (χ4n) is 3.06. The van der Waals surface area contributed by atoms with E-state index in [1.54, 1.807) is 0 Å². The lowest BCUT2D eigenvalue weighted by Crippen LogP contribution is -2.34. The number of methoxy groups -OCH3 is 1. The molecule has 2 N–H and O–H groups in total. The Labute approximate surface area is 156 Å². The number of rotatable bonds is 6. The van der Waals surface area contributed by atoms with E-state index in [4.69, 9.17) is 19.7 Å². The van der Waals surface area contributed by atoms with Crippen LogP contribution in [0.3, 0.4) is 0 Å². The van der Waals surface area contributed by atoms with E-state index in [2.05, 4.69) is 10.1 Å². The van der Waals surface area contributed by atoms with Crippen LogP contribution in [0.4, 0.5) is 5.69 Å². The summed E-state index contributed by atoms with van der Waals surface area (Å²) in [4.78, 5) is 15.3. The number of nitro groups is 1. The number of hydrogen-bond donors (Lipinski definition) is 1. The van der Waals surface area contributed by atoms with Crippen LogP contribution < -0.4 is 15.2 Å². The van der Waals surface area contributed by atoms with Crippen LogP contribution >= 0.6 is 12.4 Å². The number of hydrogen-bond acceptors (Lipinski definition) is 8. The minimum atomic E-state index is -0.633. The minimum absolute atomic E-state index is 0. The summed E-state index contributed by atoms with van der Waals surface area (Å²) in [5.74, 6) is 1.06. The molecule has 1 aliphatic carbocycles. The van der Waals surface area contributed by atoms with Crippen LogP contribution in [-0.4, -0.2) is 28.8 Å². The largest absolute Gasteiger partial charge is 0.493 e. The molecule has 0 radical (unpaired) electrons. The zero-order valence-electron chi connectivity index (χ0n) is 14.6. The third-order valence-electron chi connectivity index (χ3n) is 4.38. The van der Waals surface area contributed by atoms with E-state index in [1.807, 2.05) is 6.92 Å². The molecular weight excluding hydrogens is 364 g/mol. The van der Waals surface area contributed by atoms with Gasteiger partial charge < -0.3 is 19.7 Å². The summed E-state index contributed by atoms with van der Waals surface area (Å²) in [7, 11) is 1.42. The highest BCUT2D eigenvalue weighted by Crippen LogP contribution is 2.41. The molecule has 142 valence electrons. The van der Waals surface area contributed by atoms with Crippen molar-refractivity contribution < 1.29 is 18.9 Å². The van der Waals surface area contributed by atoms with Gasteiger partial charge in [0.15, 0.2) is 17.3 Å². The monoisotopic (exact) mass is 384 g/mol. The Morgan fingerprint density at radius 3 is 2.62 bits per heavy atom. The van der Waals surface area contributed by atoms with Crippen molar-refractivity contribution >= 4 is 18.1 Å². The molecule has 0 aliphatic heterocycles. The molecule has 9 nitrogen and oxygen atoms in total. The maximum Gasteiger partial charge on any atom is 0.286 e. The van der Waals surface area contributed by atoms with Crippen LogP contribution in [-0.2, 0) is 5.54 Å². The first kappa shape index (κ1) is 19.9. The summed E-state index contributed by atoms with van der Waals surface area (Å²) in [6, 6.07) is 2.77. The Balaban J connectivity index is 0.00000243. The first-order valence-electron chi connectivity index (χ1n) is 8.11. The molecule has 1 aromatic heterocycles. The van der Waals surface area contributed by atoms with E-state index in [0.717, 1.165) is 25.7 Å². The normalized spacial score (nSPS) is 15.3. The maximum atomic E-state index is 11.5. The third-order valence-corrected chi connectivity index (χ3v) is 4.38. The van der Waals surface area contributed by atoms with Gasteiger partial charge in [0.1, 0.15) is 5.56 Å². The molecule has 10 heteroatoms. The van der Waals surface area contributed by atoms with Gasteiger partial charge in [-0.2, -0.15) is 4.98 Å². The molecule has 1 saturated carbocycles. The molecule has 2 aromatic rings. The van der Waals surface area contributed by atoms with E-state index in [-0.39, 0.29) is 35.3 Å². The summed E-state index contributed by atoms with van der Waals surface area (Å²) < 4.78 is 15.9. The van der Waals surface area contributed by atoms with Crippen molar-refractivity contribution in [1.29, 1.82) is 0 Å². The lowest BCUT2D eigenvalue weighted by molar-refractivity contribution is -0.384. The van der Waals surface area contributed by atoms with E-state index >= 15 is 0 Å². The van der Waals surface area contributed by atoms with Crippen LogP contribution in [0.1, 0.15) is 38.4 Å². The van der Waals surface area contributed by atoms with Gasteiger partial charge in [0.2, 0.25) is 0 Å². The average Bonchev–Trinajstić information content (AvgIpc) is 3.24. The van der Waals surface area contributed by atoms with Gasteiger partial charge in [-0.3, -0.25) is 10.1 Å². The number of halogens is 1. The molecule has 0 spiro atoms. The van der Waals surface area contributed by atoms with Crippen LogP contribution in [0.25, 0.3) is 11.5 Å². The average molecular weight is 385 g/mol. The molecule has 26 heavy (non-hydrogen) atoms. The lowest BCUT2D eigenvalue weighted by atomic mass is 9.98. The Kier molecular flexibility index (Phi) is 6.04. The van der Waals surface area contributed by atoms with E-state index in [9.17, 15) is 10.1 Å². The number of benzene rings is 1. The van der Waals surface area contributed by atoms with Gasteiger partial charge in [0.25, 0.3) is 11.6 Å². The van der Waals surface area contributed by atoms with Crippen LogP contribution in [0.5, 0.6) is 11.5 Å². The van der Waals surface area contributed by atoms with Gasteiger partial charge in [-0.1, -0.05) is 18.0 Å². The van der Waals surface area contributed by atoms with E-state index in [1.165, 1.54) is 19.2 Å². The van der Waals surface area contributed by atoms with Crippen LogP contribution in [0.15, 0.2) is 16.7 Å². The second-order valence-corrected chi connectivity index (χ2v) is 6.00. The maximum absolute atomic E-state index is 11.5. The third kappa shape index (κ3) is 3.58. The predicted molar refractivity (Wildman–Crippen MR) is 95.7 cm³/mol. The van der Waals surface area contributed by atoms with Crippen molar-refractivity contribution in [2.45, 2.75) is 38.1 Å². The standard InChI is InChI=1S/C16H20N4O5.ClH/c1-3-24-13-8-10(11(20(21)22)9-12(13)23-2)14-18-15(19-25-14)16(17)6-4-5-7-16;/h8-9H,3-7,17H2,1-2H3;1H. The summed E-state index contributed by atoms with van der Waals surface area (Å²) in [5.41, 5.74) is 5.67. The Morgan fingerprint density at radius 2 is 2.04 bits per heavy atom. The van der Waals surface area contributed by atoms with Gasteiger partial charge in [0.05, 0.1) is 30.2 Å². The molecule has 1 aromatic carbocycles. The van der Waals surface area contributed by atoms with Crippen molar-refractivity contribution in [3.05, 3.63) is 28.1 Å². The zero-order valence-corrected chi connectivity index (χ0v) is 15.4. The smallest absolute Gasteiger partial charge is 0.286 e. The van der Waals surface area contributed by atoms with Gasteiger partial charge in [-0.25, -0.2) is 0 Å². The number of nitrogens with two attached hydrogens (primary N) is 1. The fraction of sp³-hybridized carbons (Fsp3) is 0.500. The van der Waals surface area contributed by atoms with E-state index in [0.29, 0.717) is 18.2 Å². The summed E-state index contributed by atoms with van der Waals surface area (Å²) in [6.07, 6.45) is 3.52. The molecule has 1 aliphatic rings. The van der Waals surface area contributed by atoms with Crippen molar-refractivity contribution in [2.24, 2.45) is 5.73 Å². The van der Waals surface area contributed by atoms with Crippen LogP contribution in [0, 0.1) is 10.1 Å². The summed E-state index contributed by atoms with van der Waals surface area (Å²) in [6.45, 7) is 2.19. The highest BCUT2D eigenvalue weighted by atomic mass is 35.5. The minimum Gasteiger partial charge on any atom is -0.493 e. The number of ether oxygens (including phenoxy) is 2. The first-order chi connectivity index (χ1) is 12.0. The summed E-state index contributed by atoms with van der Waals surface area (Å²) in [5, 5.41) is 15.4. The van der Waals surface area contributed by atoms with Crippen molar-refractivity contribution in [1.82, 2.24) is 10.1 Å². The number of nitro benzene ring substituents is 1. The SMILES string of the molecule is CCOc1cc(-c2nc(C3(N)CCCC3)no2)c([N+](=O)[O-])cc1OC.Cl. The van der Waals surface area contributed by atoms with Gasteiger partial charge in [0, 0.05) is 6.07 Å². The molecule has 1 fully saturated rings. The van der Waals surface area contributed by atoms with Crippen molar-refractivity contribution in [3.63, 3.8) is 0 Å². The van der Waals surface area contributed by atoms with Gasteiger partial charge in [-0.15, -0.1) is 12.4 Å². The second kappa shape index (κ2) is 7.88. The number of nitrogens with zero attached hydrogens (tertiary/aromatic N) is 3. The molecular formula is C16H21ClN4O5. The Hall–Kier alpha value is -2.39. The van der Waals surface area contributed by atoms with Gasteiger partial charge >= 0.3 is 0 Å². The van der Waals surface area contributed by atoms with Gasteiger partial charge in [-0.05, 0) is 19.8 Å². The predicted octanol–water partition coefficient (Wildman–Crippen LogP) is 3.20. The van der Waals surface area contributed by atoms with Crippen molar-refractivity contribution in [3.8, 4) is 23.0 Å². The second-order valence-electron chi connectivity index (χ2n) is 6.00. The lowest BCUT2D eigenvalue weighted by Gasteiger charge is -2.17. The molecule has 0 amide bonds. The summed E-state index contributed by atoms with van der Waals surface area (Å²) >= 11 is 0. The molecule has 3 rings (SSSR count). The number of aromatic nitrogens is 2. The van der Waals surface area contributed by atoms with Crippen LogP contribution in [0.2, 0.25) is 0 Å². The highest BCUT2D eigenvalue weighted by molar-refractivity contribution is 5.85. The van der Waals surface area contributed by atoms with Crippen molar-refractivity contribution in [2.75, 3.05) is 13.7 Å². The fourth-order valence-corrected chi connectivity index (χ4v) is 3.06. The molecule has 0 unspecified atom stereocenters. The Bertz CT molecular complexity index is 789. The first-order valence-corrected chi connectivity index (χ1v) is 8.11. The molecule has 1 heterocycles. The molecule has 0 bridgehead atoms. The molecule has 0 atom stereocenters. The quantitative estimate of drug-likeness (QED) is 0.594. The Morgan fingerprint density at radius 1 is 1.35 bits per heavy atom. The molecule has 0 saturated heterocycles. The zero-order chi connectivity index (χ0) is 18.0. The topological polar surface area (TPSA) is 127 Å². The van der Waals surface area contributed by atoms with E-state index < -0.39 is 10.5 Å². The highest BCUT2D eigenvalue weighted by Gasteiger charge is 2.37.